The molecule has 2 heterocycles. The molecule has 1 aromatic heterocycles. The molecule has 2 atom stereocenters. The Balaban J connectivity index is 1.76. The number of pyridine rings is 1. The molecule has 0 saturated heterocycles. The molecule has 2 amide bonds. The summed E-state index contributed by atoms with van der Waals surface area (Å²) in [5.41, 5.74) is 4.73. The molecule has 0 fully saturated rings. The second kappa shape index (κ2) is 10.6. The van der Waals surface area contributed by atoms with Gasteiger partial charge in [0.1, 0.15) is 11.8 Å². The molecule has 0 aliphatic carbocycles. The number of anilines is 1. The summed E-state index contributed by atoms with van der Waals surface area (Å²) in [4.78, 5) is 32.4. The minimum absolute atomic E-state index is 0.175. The number of nitrogens with zero attached hydrogens (tertiary/aromatic N) is 2. The van der Waals surface area contributed by atoms with E-state index in [0.717, 1.165) is 22.2 Å². The van der Waals surface area contributed by atoms with E-state index in [-0.39, 0.29) is 25.1 Å². The number of carbonyl (C=O) groups excluding carboxylic acids is 2. The zero-order valence-corrected chi connectivity index (χ0v) is 19.2. The van der Waals surface area contributed by atoms with Crippen LogP contribution in [-0.2, 0) is 22.6 Å². The van der Waals surface area contributed by atoms with Crippen LogP contribution in [0.15, 0.2) is 54.7 Å². The average molecular weight is 466 g/mol. The number of halogens is 1. The van der Waals surface area contributed by atoms with Gasteiger partial charge in [0.25, 0.3) is 0 Å². The van der Waals surface area contributed by atoms with Crippen molar-refractivity contribution in [2.24, 2.45) is 0 Å². The first-order valence-electron chi connectivity index (χ1n) is 11.2. The second-order valence-corrected chi connectivity index (χ2v) is 8.20. The van der Waals surface area contributed by atoms with Crippen molar-refractivity contribution in [1.29, 1.82) is 0 Å². The van der Waals surface area contributed by atoms with Crippen molar-refractivity contribution < 1.29 is 18.8 Å². The molecule has 1 aliphatic rings. The number of hydrogen-bond acceptors (Lipinski definition) is 6. The number of benzene rings is 2. The highest BCUT2D eigenvalue weighted by molar-refractivity contribution is 6.01. The summed E-state index contributed by atoms with van der Waals surface area (Å²) in [5, 5.41) is 6.61. The van der Waals surface area contributed by atoms with E-state index in [1.54, 1.807) is 18.9 Å². The molecule has 2 aromatic carbocycles. The van der Waals surface area contributed by atoms with Gasteiger partial charge in [0.15, 0.2) is 6.73 Å². The van der Waals surface area contributed by atoms with Crippen molar-refractivity contribution in [2.75, 3.05) is 18.7 Å². The van der Waals surface area contributed by atoms with E-state index in [0.29, 0.717) is 24.2 Å². The Hall–Kier alpha value is -3.56. The Bertz CT molecular complexity index is 1190. The van der Waals surface area contributed by atoms with Crippen LogP contribution in [-0.4, -0.2) is 42.7 Å². The fourth-order valence-electron chi connectivity index (χ4n) is 4.17. The lowest BCUT2D eigenvalue weighted by atomic mass is 10.1. The number of aromatic nitrogens is 1. The Morgan fingerprint density at radius 1 is 1.24 bits per heavy atom. The van der Waals surface area contributed by atoms with E-state index in [1.165, 1.54) is 11.7 Å². The summed E-state index contributed by atoms with van der Waals surface area (Å²) in [5.74, 6) is -0.0704. The maximum atomic E-state index is 13.8. The number of aryl methyl sites for hydroxylation is 1. The van der Waals surface area contributed by atoms with Gasteiger partial charge in [-0.25, -0.2) is 0 Å². The molecule has 8 nitrogen and oxygen atoms in total. The van der Waals surface area contributed by atoms with E-state index < -0.39 is 12.1 Å². The molecular weight excluding hydrogens is 437 g/mol. The van der Waals surface area contributed by atoms with E-state index >= 15 is 0 Å². The van der Waals surface area contributed by atoms with E-state index in [1.807, 2.05) is 48.5 Å². The highest BCUT2D eigenvalue weighted by Gasteiger charge is 2.33. The number of ether oxygens (including phenoxy) is 1. The molecule has 1 unspecified atom stereocenters. The number of likely N-dealkylation sites (N-methyl/N-ethyl adjacent to an activating group) is 1. The van der Waals surface area contributed by atoms with Gasteiger partial charge in [-0.1, -0.05) is 36.4 Å². The largest absolute Gasteiger partial charge is 0.474 e. The topological polar surface area (TPSA) is 95.6 Å². The SMILES string of the molecule is CN[C@@H](C)C(=O)NC1CCc2ccccc2N(Cc2c(OCNF)cnc3ccccc23)C1=O. The molecule has 178 valence electrons. The van der Waals surface area contributed by atoms with Gasteiger partial charge in [0.2, 0.25) is 11.8 Å². The fourth-order valence-corrected chi connectivity index (χ4v) is 4.17. The highest BCUT2D eigenvalue weighted by atomic mass is 19.2. The Morgan fingerprint density at radius 2 is 2.00 bits per heavy atom. The number of para-hydroxylation sites is 2. The molecule has 9 heteroatoms. The lowest BCUT2D eigenvalue weighted by Crippen LogP contribution is -2.52. The molecule has 0 saturated carbocycles. The third-order valence-corrected chi connectivity index (χ3v) is 6.14. The Kier molecular flexibility index (Phi) is 7.34. The van der Waals surface area contributed by atoms with Crippen molar-refractivity contribution >= 4 is 28.4 Å². The van der Waals surface area contributed by atoms with E-state index in [2.05, 4.69) is 15.6 Å². The van der Waals surface area contributed by atoms with Gasteiger partial charge in [-0.2, -0.15) is 0 Å². The lowest BCUT2D eigenvalue weighted by Gasteiger charge is -2.28. The Morgan fingerprint density at radius 3 is 2.79 bits per heavy atom. The molecule has 4 rings (SSSR count). The monoisotopic (exact) mass is 465 g/mol. The molecule has 34 heavy (non-hydrogen) atoms. The normalized spacial score (nSPS) is 16.6. The zero-order chi connectivity index (χ0) is 24.1. The number of hydrogen-bond donors (Lipinski definition) is 3. The predicted molar refractivity (Wildman–Crippen MR) is 128 cm³/mol. The van der Waals surface area contributed by atoms with Crippen LogP contribution in [0.2, 0.25) is 0 Å². The molecule has 1 aliphatic heterocycles. The molecule has 3 N–H and O–H groups in total. The minimum Gasteiger partial charge on any atom is -0.474 e. The molecule has 0 spiro atoms. The fraction of sp³-hybridized carbons (Fsp3) is 0.320. The van der Waals surface area contributed by atoms with Crippen molar-refractivity contribution in [3.05, 3.63) is 65.9 Å². The van der Waals surface area contributed by atoms with Crippen LogP contribution < -0.4 is 25.8 Å². The number of carbonyl (C=O) groups is 2. The van der Waals surface area contributed by atoms with Crippen LogP contribution in [0.4, 0.5) is 10.2 Å². The van der Waals surface area contributed by atoms with Gasteiger partial charge < -0.3 is 20.3 Å². The highest BCUT2D eigenvalue weighted by Crippen LogP contribution is 2.33. The van der Waals surface area contributed by atoms with Crippen LogP contribution in [0, 0.1) is 0 Å². The zero-order valence-electron chi connectivity index (χ0n) is 19.2. The van der Waals surface area contributed by atoms with Crippen molar-refractivity contribution in [1.82, 2.24) is 21.2 Å². The van der Waals surface area contributed by atoms with Gasteiger partial charge in [-0.3, -0.25) is 14.6 Å². The summed E-state index contributed by atoms with van der Waals surface area (Å²) in [6.45, 7) is 1.57. The average Bonchev–Trinajstić information content (AvgIpc) is 2.99. The smallest absolute Gasteiger partial charge is 0.249 e. The standard InChI is InChI=1S/C25H28FN5O3/c1-16(27-2)24(32)30-21-12-11-17-7-3-6-10-22(17)31(25(21)33)14-19-18-8-4-5-9-20(18)28-13-23(19)34-15-29-26/h3-10,13,16,21,27,29H,11-12,14-15H2,1-2H3,(H,30,32)/t16-,21?/m0/s1. The third kappa shape index (κ3) is 4.85. The van der Waals surface area contributed by atoms with Crippen LogP contribution >= 0.6 is 0 Å². The maximum absolute atomic E-state index is 13.8. The summed E-state index contributed by atoms with van der Waals surface area (Å²) >= 11 is 0. The summed E-state index contributed by atoms with van der Waals surface area (Å²) in [7, 11) is 1.70. The molecular formula is C25H28FN5O3. The molecule has 0 radical (unpaired) electrons. The third-order valence-electron chi connectivity index (χ3n) is 6.14. The summed E-state index contributed by atoms with van der Waals surface area (Å²) < 4.78 is 18.2. The number of fused-ring (bicyclic) bond motifs is 2. The Labute approximate surface area is 197 Å². The van der Waals surface area contributed by atoms with Gasteiger partial charge in [-0.15, -0.1) is 10.0 Å². The quantitative estimate of drug-likeness (QED) is 0.350. The van der Waals surface area contributed by atoms with Crippen LogP contribution in [0.1, 0.15) is 24.5 Å². The maximum Gasteiger partial charge on any atom is 0.249 e. The first-order valence-corrected chi connectivity index (χ1v) is 11.2. The molecule has 3 aromatic rings. The summed E-state index contributed by atoms with van der Waals surface area (Å²) in [6.07, 6.45) is 2.67. The molecule has 0 bridgehead atoms. The van der Waals surface area contributed by atoms with E-state index in [4.69, 9.17) is 4.74 Å². The second-order valence-electron chi connectivity index (χ2n) is 8.20. The van der Waals surface area contributed by atoms with Gasteiger partial charge in [0.05, 0.1) is 24.3 Å². The van der Waals surface area contributed by atoms with Crippen LogP contribution in [0.5, 0.6) is 5.75 Å². The van der Waals surface area contributed by atoms with Gasteiger partial charge in [0, 0.05) is 16.6 Å². The van der Waals surface area contributed by atoms with Crippen LogP contribution in [0.25, 0.3) is 10.9 Å². The van der Waals surface area contributed by atoms with Crippen molar-refractivity contribution in [3.8, 4) is 5.75 Å². The van der Waals surface area contributed by atoms with Crippen molar-refractivity contribution in [3.63, 3.8) is 0 Å². The first kappa shape index (κ1) is 23.6. The van der Waals surface area contributed by atoms with Crippen LogP contribution in [0.3, 0.4) is 0 Å². The lowest BCUT2D eigenvalue weighted by molar-refractivity contribution is -0.128. The van der Waals surface area contributed by atoms with Gasteiger partial charge >= 0.3 is 0 Å². The first-order chi connectivity index (χ1) is 16.5. The number of nitrogens with one attached hydrogen (secondary N) is 3. The van der Waals surface area contributed by atoms with Crippen molar-refractivity contribution in [2.45, 2.75) is 38.4 Å². The number of amides is 2. The predicted octanol–water partition coefficient (Wildman–Crippen LogP) is 2.62. The van der Waals surface area contributed by atoms with Gasteiger partial charge in [-0.05, 0) is 44.5 Å². The number of rotatable bonds is 8. The minimum atomic E-state index is -0.680. The van der Waals surface area contributed by atoms with E-state index in [9.17, 15) is 14.1 Å². The summed E-state index contributed by atoms with van der Waals surface area (Å²) in [6, 6.07) is 14.1.